The van der Waals surface area contributed by atoms with Crippen LogP contribution in [0.25, 0.3) is 0 Å². The molecule has 0 aromatic carbocycles. The van der Waals surface area contributed by atoms with E-state index in [0.717, 1.165) is 19.1 Å². The Hall–Kier alpha value is -0.380. The lowest BCUT2D eigenvalue weighted by atomic mass is 10.1. The SMILES string of the molecule is CC(C)NCCCC(C)N(Cc1ccsc1)C1CC1. The molecule has 1 aliphatic rings. The molecule has 1 saturated carbocycles. The van der Waals surface area contributed by atoms with Gasteiger partial charge in [-0.15, -0.1) is 0 Å². The number of nitrogens with zero attached hydrogens (tertiary/aromatic N) is 1. The minimum atomic E-state index is 0.612. The summed E-state index contributed by atoms with van der Waals surface area (Å²) in [5, 5.41) is 8.00. The largest absolute Gasteiger partial charge is 0.315 e. The highest BCUT2D eigenvalue weighted by Gasteiger charge is 2.31. The number of thiophene rings is 1. The van der Waals surface area contributed by atoms with E-state index in [2.05, 4.69) is 47.8 Å². The first-order chi connectivity index (χ1) is 9.16. The molecule has 2 nitrogen and oxygen atoms in total. The fraction of sp³-hybridized carbons (Fsp3) is 0.750. The van der Waals surface area contributed by atoms with Gasteiger partial charge in [0.1, 0.15) is 0 Å². The van der Waals surface area contributed by atoms with Gasteiger partial charge in [-0.3, -0.25) is 4.90 Å². The van der Waals surface area contributed by atoms with E-state index in [-0.39, 0.29) is 0 Å². The van der Waals surface area contributed by atoms with Crippen LogP contribution < -0.4 is 5.32 Å². The van der Waals surface area contributed by atoms with Gasteiger partial charge in [0, 0.05) is 24.7 Å². The van der Waals surface area contributed by atoms with E-state index in [1.807, 2.05) is 11.3 Å². The van der Waals surface area contributed by atoms with Gasteiger partial charge in [-0.2, -0.15) is 11.3 Å². The summed E-state index contributed by atoms with van der Waals surface area (Å²) in [5.41, 5.74) is 1.49. The summed E-state index contributed by atoms with van der Waals surface area (Å²) in [6, 6.07) is 4.45. The maximum absolute atomic E-state index is 3.51. The van der Waals surface area contributed by atoms with Gasteiger partial charge in [-0.05, 0) is 61.5 Å². The zero-order chi connectivity index (χ0) is 13.7. The molecule has 1 N–H and O–H groups in total. The smallest absolute Gasteiger partial charge is 0.0247 e. The summed E-state index contributed by atoms with van der Waals surface area (Å²) < 4.78 is 0. The summed E-state index contributed by atoms with van der Waals surface area (Å²) in [5.74, 6) is 0. The van der Waals surface area contributed by atoms with Crippen molar-refractivity contribution < 1.29 is 0 Å². The molecule has 1 aromatic heterocycles. The first-order valence-electron chi connectivity index (χ1n) is 7.67. The molecule has 0 spiro atoms. The van der Waals surface area contributed by atoms with Gasteiger partial charge in [0.2, 0.25) is 0 Å². The van der Waals surface area contributed by atoms with Crippen LogP contribution in [0.5, 0.6) is 0 Å². The fourth-order valence-corrected chi connectivity index (χ4v) is 3.26. The lowest BCUT2D eigenvalue weighted by molar-refractivity contribution is 0.178. The first kappa shape index (κ1) is 15.0. The van der Waals surface area contributed by atoms with Gasteiger partial charge < -0.3 is 5.32 Å². The van der Waals surface area contributed by atoms with Gasteiger partial charge in [0.05, 0.1) is 0 Å². The van der Waals surface area contributed by atoms with Crippen LogP contribution >= 0.6 is 11.3 Å². The first-order valence-corrected chi connectivity index (χ1v) is 8.61. The second-order valence-corrected chi connectivity index (χ2v) is 6.92. The molecule has 1 aromatic rings. The summed E-state index contributed by atoms with van der Waals surface area (Å²) >= 11 is 1.81. The summed E-state index contributed by atoms with van der Waals surface area (Å²) in [6.45, 7) is 9.14. The molecule has 1 heterocycles. The molecule has 0 radical (unpaired) electrons. The molecular weight excluding hydrogens is 252 g/mol. The predicted octanol–water partition coefficient (Wildman–Crippen LogP) is 3.88. The molecule has 0 saturated heterocycles. The number of nitrogens with one attached hydrogen (secondary N) is 1. The standard InChI is InChI=1S/C16H28N2S/c1-13(2)17-9-4-5-14(3)18(16-6-7-16)11-15-8-10-19-12-15/h8,10,12-14,16-17H,4-7,9,11H2,1-3H3. The van der Waals surface area contributed by atoms with Crippen LogP contribution in [0, 0.1) is 0 Å². The van der Waals surface area contributed by atoms with Gasteiger partial charge in [-0.1, -0.05) is 13.8 Å². The normalized spacial score (nSPS) is 17.3. The van der Waals surface area contributed by atoms with Crippen molar-refractivity contribution >= 4 is 11.3 Å². The molecule has 3 heteroatoms. The Morgan fingerprint density at radius 1 is 1.37 bits per heavy atom. The van der Waals surface area contributed by atoms with Gasteiger partial charge in [-0.25, -0.2) is 0 Å². The number of hydrogen-bond donors (Lipinski definition) is 1. The number of hydrogen-bond acceptors (Lipinski definition) is 3. The van der Waals surface area contributed by atoms with Crippen LogP contribution in [0.2, 0.25) is 0 Å². The van der Waals surface area contributed by atoms with Crippen LogP contribution in [0.4, 0.5) is 0 Å². The Morgan fingerprint density at radius 2 is 2.16 bits per heavy atom. The van der Waals surface area contributed by atoms with E-state index >= 15 is 0 Å². The van der Waals surface area contributed by atoms with Gasteiger partial charge >= 0.3 is 0 Å². The second-order valence-electron chi connectivity index (χ2n) is 6.14. The molecule has 19 heavy (non-hydrogen) atoms. The third kappa shape index (κ3) is 5.25. The second kappa shape index (κ2) is 7.41. The minimum Gasteiger partial charge on any atom is -0.315 e. The quantitative estimate of drug-likeness (QED) is 0.691. The molecule has 108 valence electrons. The molecule has 1 aliphatic carbocycles. The highest BCUT2D eigenvalue weighted by Crippen LogP contribution is 2.31. The predicted molar refractivity (Wildman–Crippen MR) is 84.7 cm³/mol. The molecule has 1 atom stereocenters. The summed E-state index contributed by atoms with van der Waals surface area (Å²) in [6.07, 6.45) is 5.39. The van der Waals surface area contributed by atoms with Crippen LogP contribution in [0.1, 0.15) is 52.0 Å². The molecule has 0 amide bonds. The van der Waals surface area contributed by atoms with Crippen molar-refractivity contribution in [1.82, 2.24) is 10.2 Å². The zero-order valence-corrected chi connectivity index (χ0v) is 13.4. The lowest BCUT2D eigenvalue weighted by Crippen LogP contribution is -2.35. The Bertz CT molecular complexity index is 344. The fourth-order valence-electron chi connectivity index (χ4n) is 2.60. The Kier molecular flexibility index (Phi) is 5.86. The van der Waals surface area contributed by atoms with Crippen molar-refractivity contribution in [2.75, 3.05) is 6.54 Å². The molecule has 1 unspecified atom stereocenters. The number of rotatable bonds is 9. The third-order valence-electron chi connectivity index (χ3n) is 3.88. The summed E-state index contributed by atoms with van der Waals surface area (Å²) in [7, 11) is 0. The van der Waals surface area contributed by atoms with Crippen LogP contribution in [-0.2, 0) is 6.54 Å². The minimum absolute atomic E-state index is 0.612. The molecule has 0 aliphatic heterocycles. The van der Waals surface area contributed by atoms with E-state index in [9.17, 15) is 0 Å². The van der Waals surface area contributed by atoms with Crippen molar-refractivity contribution in [2.24, 2.45) is 0 Å². The molecule has 2 rings (SSSR count). The zero-order valence-electron chi connectivity index (χ0n) is 12.6. The van der Waals surface area contributed by atoms with Crippen molar-refractivity contribution in [3.8, 4) is 0 Å². The average molecular weight is 280 g/mol. The topological polar surface area (TPSA) is 15.3 Å². The monoisotopic (exact) mass is 280 g/mol. The van der Waals surface area contributed by atoms with Crippen molar-refractivity contribution in [3.05, 3.63) is 22.4 Å². The van der Waals surface area contributed by atoms with Crippen LogP contribution in [0.15, 0.2) is 16.8 Å². The average Bonchev–Trinajstić information content (AvgIpc) is 3.08. The highest BCUT2D eigenvalue weighted by molar-refractivity contribution is 7.07. The highest BCUT2D eigenvalue weighted by atomic mass is 32.1. The maximum Gasteiger partial charge on any atom is 0.0247 e. The van der Waals surface area contributed by atoms with Crippen molar-refractivity contribution in [2.45, 2.75) is 71.1 Å². The van der Waals surface area contributed by atoms with E-state index in [1.165, 1.54) is 31.2 Å². The van der Waals surface area contributed by atoms with Crippen molar-refractivity contribution in [3.63, 3.8) is 0 Å². The molecular formula is C16H28N2S. The maximum atomic E-state index is 3.51. The Balaban J connectivity index is 1.75. The van der Waals surface area contributed by atoms with Crippen LogP contribution in [-0.4, -0.2) is 29.6 Å². The van der Waals surface area contributed by atoms with Gasteiger partial charge in [0.15, 0.2) is 0 Å². The Labute approximate surface area is 122 Å². The van der Waals surface area contributed by atoms with E-state index in [4.69, 9.17) is 0 Å². The third-order valence-corrected chi connectivity index (χ3v) is 4.61. The van der Waals surface area contributed by atoms with E-state index in [0.29, 0.717) is 12.1 Å². The molecule has 0 bridgehead atoms. The van der Waals surface area contributed by atoms with E-state index in [1.54, 1.807) is 0 Å². The summed E-state index contributed by atoms with van der Waals surface area (Å²) in [4.78, 5) is 2.72. The Morgan fingerprint density at radius 3 is 2.74 bits per heavy atom. The van der Waals surface area contributed by atoms with E-state index < -0.39 is 0 Å². The molecule has 1 fully saturated rings. The van der Waals surface area contributed by atoms with Gasteiger partial charge in [0.25, 0.3) is 0 Å². The van der Waals surface area contributed by atoms with Crippen LogP contribution in [0.3, 0.4) is 0 Å². The van der Waals surface area contributed by atoms with Crippen molar-refractivity contribution in [1.29, 1.82) is 0 Å². The lowest BCUT2D eigenvalue weighted by Gasteiger charge is -2.29.